The Balaban J connectivity index is 1.38. The average molecular weight is 440 g/mol. The Morgan fingerprint density at radius 1 is 1.19 bits per heavy atom. The average Bonchev–Trinajstić information content (AvgIpc) is 3.39. The molecule has 162 valence electrons. The molecule has 3 N–H and O–H groups in total. The van der Waals surface area contributed by atoms with Crippen LogP contribution in [0.25, 0.3) is 0 Å². The van der Waals surface area contributed by atoms with Crippen LogP contribution in [0.5, 0.6) is 0 Å². The first-order chi connectivity index (χ1) is 14.9. The van der Waals surface area contributed by atoms with Gasteiger partial charge in [-0.15, -0.1) is 11.3 Å². The minimum absolute atomic E-state index is 0.0194. The van der Waals surface area contributed by atoms with Crippen LogP contribution in [0.1, 0.15) is 42.5 Å². The van der Waals surface area contributed by atoms with Gasteiger partial charge >= 0.3 is 6.03 Å². The van der Waals surface area contributed by atoms with Crippen molar-refractivity contribution in [1.82, 2.24) is 9.88 Å². The maximum absolute atomic E-state index is 13.1. The van der Waals surface area contributed by atoms with E-state index in [1.165, 1.54) is 21.8 Å². The van der Waals surface area contributed by atoms with E-state index in [1.54, 1.807) is 23.5 Å². The van der Waals surface area contributed by atoms with Gasteiger partial charge in [-0.1, -0.05) is 18.6 Å². The molecule has 0 bridgehead atoms. The van der Waals surface area contributed by atoms with Crippen molar-refractivity contribution < 1.29 is 14.4 Å². The fourth-order valence-electron chi connectivity index (χ4n) is 5.10. The first-order valence-corrected chi connectivity index (χ1v) is 11.4. The quantitative estimate of drug-likeness (QED) is 0.531. The zero-order valence-electron chi connectivity index (χ0n) is 17.4. The van der Waals surface area contributed by atoms with Crippen LogP contribution in [0.15, 0.2) is 30.5 Å². The minimum Gasteiger partial charge on any atom is -0.367 e. The number of rotatable bonds is 6. The summed E-state index contributed by atoms with van der Waals surface area (Å²) in [4.78, 5) is 46.2. The standard InChI is InChI=1S/C22H25N5O3S/c1-14-12-24-19(31-14)25-13-21(8-2-9-21)15-4-6-16(7-5-15)27-18(29)22(17(23)28)10-3-11-26(22)20(27)30/h4-7,12H,2-3,8-11,13H2,1H3,(H2,23,28)(H,24,25)/t22-/m0/s1. The van der Waals surface area contributed by atoms with E-state index < -0.39 is 23.4 Å². The van der Waals surface area contributed by atoms with E-state index in [9.17, 15) is 14.4 Å². The molecule has 4 amide bonds. The number of nitrogens with two attached hydrogens (primary N) is 1. The number of fused-ring (bicyclic) bond motifs is 1. The molecule has 5 rings (SSSR count). The summed E-state index contributed by atoms with van der Waals surface area (Å²) in [5, 5.41) is 4.39. The second kappa shape index (κ2) is 7.05. The summed E-state index contributed by atoms with van der Waals surface area (Å²) >= 11 is 1.64. The number of anilines is 2. The van der Waals surface area contributed by atoms with E-state index in [0.29, 0.717) is 18.7 Å². The third-order valence-corrected chi connectivity index (χ3v) is 7.89. The van der Waals surface area contributed by atoms with Crippen molar-refractivity contribution in [3.8, 4) is 0 Å². The van der Waals surface area contributed by atoms with Gasteiger partial charge in [0.2, 0.25) is 5.54 Å². The number of thiazole rings is 1. The number of hydrogen-bond donors (Lipinski definition) is 2. The lowest BCUT2D eigenvalue weighted by atomic mass is 9.64. The van der Waals surface area contributed by atoms with Crippen LogP contribution < -0.4 is 16.0 Å². The number of carbonyl (C=O) groups is 3. The number of imide groups is 1. The lowest BCUT2D eigenvalue weighted by Gasteiger charge is -2.42. The zero-order valence-corrected chi connectivity index (χ0v) is 18.2. The van der Waals surface area contributed by atoms with Gasteiger partial charge in [0.15, 0.2) is 5.13 Å². The number of amides is 4. The van der Waals surface area contributed by atoms with Gasteiger partial charge in [0.05, 0.1) is 5.69 Å². The molecule has 3 heterocycles. The smallest absolute Gasteiger partial charge is 0.332 e. The number of urea groups is 1. The summed E-state index contributed by atoms with van der Waals surface area (Å²) in [6.07, 6.45) is 6.06. The van der Waals surface area contributed by atoms with Gasteiger partial charge in [-0.05, 0) is 50.3 Å². The highest BCUT2D eigenvalue weighted by molar-refractivity contribution is 7.15. The molecular formula is C22H25N5O3S. The number of aryl methyl sites for hydroxylation is 1. The second-order valence-corrected chi connectivity index (χ2v) is 9.95. The first-order valence-electron chi connectivity index (χ1n) is 10.6. The molecule has 8 nitrogen and oxygen atoms in total. The van der Waals surface area contributed by atoms with Crippen LogP contribution in [-0.2, 0) is 15.0 Å². The van der Waals surface area contributed by atoms with Gasteiger partial charge < -0.3 is 16.0 Å². The highest BCUT2D eigenvalue weighted by Crippen LogP contribution is 2.45. The number of carbonyl (C=O) groups excluding carboxylic acids is 3. The Hall–Kier alpha value is -2.94. The molecule has 0 radical (unpaired) electrons. The van der Waals surface area contributed by atoms with E-state index in [0.717, 1.165) is 29.4 Å². The van der Waals surface area contributed by atoms with Gasteiger partial charge in [0.1, 0.15) is 0 Å². The molecule has 1 aromatic heterocycles. The van der Waals surface area contributed by atoms with Crippen molar-refractivity contribution in [2.45, 2.75) is 50.0 Å². The molecule has 1 aromatic carbocycles. The van der Waals surface area contributed by atoms with Gasteiger partial charge in [0.25, 0.3) is 11.8 Å². The van der Waals surface area contributed by atoms with E-state index >= 15 is 0 Å². The lowest BCUT2D eigenvalue weighted by Crippen LogP contribution is -2.55. The molecule has 0 spiro atoms. The van der Waals surface area contributed by atoms with Gasteiger partial charge in [-0.25, -0.2) is 14.7 Å². The molecule has 2 saturated heterocycles. The molecule has 2 aromatic rings. The second-order valence-electron chi connectivity index (χ2n) is 8.71. The molecule has 31 heavy (non-hydrogen) atoms. The number of primary amides is 1. The molecule has 1 saturated carbocycles. The molecule has 3 fully saturated rings. The fourth-order valence-corrected chi connectivity index (χ4v) is 5.76. The van der Waals surface area contributed by atoms with Gasteiger partial charge in [0, 0.05) is 29.6 Å². The predicted molar refractivity (Wildman–Crippen MR) is 118 cm³/mol. The van der Waals surface area contributed by atoms with Crippen molar-refractivity contribution in [3.63, 3.8) is 0 Å². The van der Waals surface area contributed by atoms with Crippen LogP contribution in [0.4, 0.5) is 15.6 Å². The number of nitrogens with zero attached hydrogens (tertiary/aromatic N) is 3. The van der Waals surface area contributed by atoms with E-state index in [1.807, 2.05) is 25.3 Å². The van der Waals surface area contributed by atoms with Crippen molar-refractivity contribution >= 4 is 40.0 Å². The highest BCUT2D eigenvalue weighted by atomic mass is 32.1. The minimum atomic E-state index is -1.53. The summed E-state index contributed by atoms with van der Waals surface area (Å²) in [5.74, 6) is -1.28. The predicted octanol–water partition coefficient (Wildman–Crippen LogP) is 2.77. The van der Waals surface area contributed by atoms with Crippen LogP contribution in [0.3, 0.4) is 0 Å². The van der Waals surface area contributed by atoms with Crippen molar-refractivity contribution in [3.05, 3.63) is 40.9 Å². The molecule has 9 heteroatoms. The monoisotopic (exact) mass is 439 g/mol. The molecule has 0 unspecified atom stereocenters. The Kier molecular flexibility index (Phi) is 4.55. The Bertz CT molecular complexity index is 1060. The topological polar surface area (TPSA) is 109 Å². The van der Waals surface area contributed by atoms with Crippen molar-refractivity contribution in [2.75, 3.05) is 23.3 Å². The number of nitrogens with one attached hydrogen (secondary N) is 1. The largest absolute Gasteiger partial charge is 0.367 e. The van der Waals surface area contributed by atoms with Crippen LogP contribution in [0.2, 0.25) is 0 Å². The Morgan fingerprint density at radius 3 is 2.48 bits per heavy atom. The van der Waals surface area contributed by atoms with Crippen molar-refractivity contribution in [1.29, 1.82) is 0 Å². The molecule has 1 atom stereocenters. The Labute approximate surface area is 184 Å². The maximum atomic E-state index is 13.1. The SMILES string of the molecule is Cc1cnc(NCC2(c3ccc(N4C(=O)N5CCC[C@]5(C(N)=O)C4=O)cc3)CCC2)s1. The van der Waals surface area contributed by atoms with Gasteiger partial charge in [-0.2, -0.15) is 0 Å². The van der Waals surface area contributed by atoms with Crippen molar-refractivity contribution in [2.24, 2.45) is 5.73 Å². The third-order valence-electron chi connectivity index (χ3n) is 7.02. The van der Waals surface area contributed by atoms with Crippen LogP contribution in [-0.4, -0.2) is 46.4 Å². The molecule has 1 aliphatic carbocycles. The number of benzene rings is 1. The summed E-state index contributed by atoms with van der Waals surface area (Å²) in [6.45, 7) is 3.20. The van der Waals surface area contributed by atoms with Crippen LogP contribution >= 0.6 is 11.3 Å². The number of hydrogen-bond acceptors (Lipinski definition) is 6. The zero-order chi connectivity index (χ0) is 21.8. The summed E-state index contributed by atoms with van der Waals surface area (Å²) < 4.78 is 0. The first kappa shape index (κ1) is 20.0. The summed E-state index contributed by atoms with van der Waals surface area (Å²) in [7, 11) is 0. The highest BCUT2D eigenvalue weighted by Gasteiger charge is 2.63. The lowest BCUT2D eigenvalue weighted by molar-refractivity contribution is -0.136. The maximum Gasteiger partial charge on any atom is 0.332 e. The van der Waals surface area contributed by atoms with Gasteiger partial charge in [-0.3, -0.25) is 9.59 Å². The molecule has 3 aliphatic rings. The third kappa shape index (κ3) is 2.86. The van der Waals surface area contributed by atoms with E-state index in [4.69, 9.17) is 5.73 Å². The van der Waals surface area contributed by atoms with E-state index in [-0.39, 0.29) is 11.8 Å². The fraction of sp³-hybridized carbons (Fsp3) is 0.455. The Morgan fingerprint density at radius 2 is 1.94 bits per heavy atom. The summed E-state index contributed by atoms with van der Waals surface area (Å²) in [6, 6.07) is 7.12. The molecule has 2 aliphatic heterocycles. The van der Waals surface area contributed by atoms with Crippen LogP contribution in [0, 0.1) is 6.92 Å². The number of aromatic nitrogens is 1. The summed E-state index contributed by atoms with van der Waals surface area (Å²) in [5.41, 5.74) is 5.71. The normalized spacial score (nSPS) is 24.3. The van der Waals surface area contributed by atoms with E-state index in [2.05, 4.69) is 10.3 Å². The molecular weight excluding hydrogens is 414 g/mol.